The second-order valence-corrected chi connectivity index (χ2v) is 10.0. The van der Waals surface area contributed by atoms with E-state index in [1.54, 1.807) is 40.7 Å². The molecule has 1 N–H and O–H groups in total. The Balaban J connectivity index is 1.53. The summed E-state index contributed by atoms with van der Waals surface area (Å²) in [5, 5.41) is 0. The van der Waals surface area contributed by atoms with Crippen LogP contribution in [0, 0.1) is 24.4 Å². The minimum Gasteiger partial charge on any atom is -0.336 e. The first-order valence-electron chi connectivity index (χ1n) is 10.1. The molecule has 32 heavy (non-hydrogen) atoms. The van der Waals surface area contributed by atoms with E-state index in [2.05, 4.69) is 4.98 Å². The zero-order valence-electron chi connectivity index (χ0n) is 17.7. The summed E-state index contributed by atoms with van der Waals surface area (Å²) < 4.78 is 42.9. The minimum absolute atomic E-state index is 0.198. The summed E-state index contributed by atoms with van der Waals surface area (Å²) in [7, 11) is -3.65. The normalized spacial score (nSPS) is 15.2. The van der Waals surface area contributed by atoms with Gasteiger partial charge in [-0.15, -0.1) is 0 Å². The number of aromatic amines is 1. The van der Waals surface area contributed by atoms with Crippen molar-refractivity contribution in [1.82, 2.24) is 18.8 Å². The molecule has 10 heteroatoms. The number of rotatable bonds is 4. The number of amides is 1. The maximum atomic E-state index is 13.3. The Morgan fingerprint density at radius 1 is 1.03 bits per heavy atom. The van der Waals surface area contributed by atoms with Gasteiger partial charge in [0, 0.05) is 38.1 Å². The second-order valence-electron chi connectivity index (χ2n) is 7.76. The van der Waals surface area contributed by atoms with Crippen molar-refractivity contribution in [3.63, 3.8) is 0 Å². The van der Waals surface area contributed by atoms with Crippen LogP contribution in [0.3, 0.4) is 0 Å². The van der Waals surface area contributed by atoms with Crippen LogP contribution in [-0.2, 0) is 10.0 Å². The van der Waals surface area contributed by atoms with Crippen LogP contribution in [0.25, 0.3) is 5.69 Å². The maximum Gasteiger partial charge on any atom is 0.272 e. The van der Waals surface area contributed by atoms with Gasteiger partial charge in [-0.25, -0.2) is 12.8 Å². The predicted octanol–water partition coefficient (Wildman–Crippen LogP) is 3.44. The second kappa shape index (κ2) is 8.61. The van der Waals surface area contributed by atoms with E-state index in [0.717, 1.165) is 5.56 Å². The third kappa shape index (κ3) is 4.13. The summed E-state index contributed by atoms with van der Waals surface area (Å²) >= 11 is 5.31. The fourth-order valence-corrected chi connectivity index (χ4v) is 5.78. The third-order valence-electron chi connectivity index (χ3n) is 5.57. The van der Waals surface area contributed by atoms with Crippen molar-refractivity contribution in [3.05, 3.63) is 76.1 Å². The molecule has 7 nitrogen and oxygen atoms in total. The third-order valence-corrected chi connectivity index (χ3v) is 7.91. The van der Waals surface area contributed by atoms with Crippen LogP contribution in [0.2, 0.25) is 0 Å². The van der Waals surface area contributed by atoms with Gasteiger partial charge in [-0.05, 0) is 67.5 Å². The monoisotopic (exact) mass is 474 g/mol. The van der Waals surface area contributed by atoms with Crippen LogP contribution in [0.15, 0.2) is 53.6 Å². The number of nitrogens with one attached hydrogen (secondary N) is 1. The number of imidazole rings is 1. The van der Waals surface area contributed by atoms with Crippen LogP contribution in [0.4, 0.5) is 4.39 Å². The lowest BCUT2D eigenvalue weighted by Crippen LogP contribution is -2.50. The van der Waals surface area contributed by atoms with E-state index >= 15 is 0 Å². The molecule has 4 rings (SSSR count). The molecule has 2 heterocycles. The van der Waals surface area contributed by atoms with Gasteiger partial charge < -0.3 is 9.88 Å². The van der Waals surface area contributed by atoms with Crippen LogP contribution in [0.1, 0.15) is 21.6 Å². The molecular weight excluding hydrogens is 451 g/mol. The van der Waals surface area contributed by atoms with Crippen molar-refractivity contribution < 1.29 is 17.6 Å². The molecule has 1 aliphatic rings. The average molecular weight is 475 g/mol. The van der Waals surface area contributed by atoms with E-state index in [0.29, 0.717) is 26.6 Å². The molecule has 0 bridgehead atoms. The van der Waals surface area contributed by atoms with E-state index < -0.39 is 10.0 Å². The van der Waals surface area contributed by atoms with Gasteiger partial charge in [-0.1, -0.05) is 12.1 Å². The number of sulfonamides is 1. The van der Waals surface area contributed by atoms with Crippen molar-refractivity contribution >= 4 is 28.1 Å². The zero-order chi connectivity index (χ0) is 23.0. The van der Waals surface area contributed by atoms with Gasteiger partial charge in [0.05, 0.1) is 4.90 Å². The van der Waals surface area contributed by atoms with Crippen LogP contribution in [0.5, 0.6) is 0 Å². The molecule has 1 aliphatic heterocycles. The highest BCUT2D eigenvalue weighted by atomic mass is 32.2. The lowest BCUT2D eigenvalue weighted by molar-refractivity contribution is 0.0689. The molecular formula is C22H23FN4O3S2. The quantitative estimate of drug-likeness (QED) is 0.588. The lowest BCUT2D eigenvalue weighted by atomic mass is 10.2. The molecule has 0 atom stereocenters. The number of benzene rings is 2. The summed E-state index contributed by atoms with van der Waals surface area (Å²) in [6.45, 7) is 4.54. The highest BCUT2D eigenvalue weighted by molar-refractivity contribution is 7.89. The Kier molecular flexibility index (Phi) is 6.02. The molecule has 0 spiro atoms. The molecule has 0 radical (unpaired) electrons. The minimum atomic E-state index is -3.65. The van der Waals surface area contributed by atoms with Crippen LogP contribution < -0.4 is 0 Å². The number of aromatic nitrogens is 2. The Bertz CT molecular complexity index is 1320. The molecule has 0 aliphatic carbocycles. The predicted molar refractivity (Wildman–Crippen MR) is 121 cm³/mol. The van der Waals surface area contributed by atoms with E-state index in [1.807, 2.05) is 13.0 Å². The lowest BCUT2D eigenvalue weighted by Gasteiger charge is -2.34. The largest absolute Gasteiger partial charge is 0.336 e. The summed E-state index contributed by atoms with van der Waals surface area (Å²) in [5.74, 6) is -0.657. The van der Waals surface area contributed by atoms with E-state index in [9.17, 15) is 17.6 Å². The Labute approximate surface area is 191 Å². The van der Waals surface area contributed by atoms with E-state index in [-0.39, 0.29) is 37.9 Å². The molecule has 0 unspecified atom stereocenters. The van der Waals surface area contributed by atoms with Gasteiger partial charge in [-0.2, -0.15) is 4.31 Å². The van der Waals surface area contributed by atoms with Gasteiger partial charge in [0.1, 0.15) is 11.5 Å². The number of halogens is 1. The van der Waals surface area contributed by atoms with Gasteiger partial charge in [0.2, 0.25) is 10.0 Å². The standard InChI is InChI=1S/C22H23FN4O3S2/c1-15-3-4-16(2)20(13-15)32(29,30)26-11-9-25(10-12-26)21(28)19-14-24-22(31)27(19)18-7-5-17(23)6-8-18/h3-8,13-14H,9-12H2,1-2H3,(H,24,31). The smallest absolute Gasteiger partial charge is 0.272 e. The molecule has 1 aromatic heterocycles. The summed E-state index contributed by atoms with van der Waals surface area (Å²) in [6.07, 6.45) is 1.52. The molecule has 0 saturated carbocycles. The Morgan fingerprint density at radius 2 is 1.69 bits per heavy atom. The van der Waals surface area contributed by atoms with Gasteiger partial charge in [0.25, 0.3) is 5.91 Å². The van der Waals surface area contributed by atoms with Gasteiger partial charge >= 0.3 is 0 Å². The first-order valence-corrected chi connectivity index (χ1v) is 12.0. The summed E-state index contributed by atoms with van der Waals surface area (Å²) in [4.78, 5) is 18.0. The molecule has 3 aromatic rings. The molecule has 168 valence electrons. The fourth-order valence-electron chi connectivity index (χ4n) is 3.79. The van der Waals surface area contributed by atoms with Gasteiger partial charge in [-0.3, -0.25) is 9.36 Å². The SMILES string of the molecule is Cc1ccc(C)c(S(=O)(=O)N2CCN(C(=O)c3c[nH]c(=S)n3-c3ccc(F)cc3)CC2)c1. The highest BCUT2D eigenvalue weighted by Gasteiger charge is 2.32. The van der Waals surface area contributed by atoms with Crippen LogP contribution in [-0.4, -0.2) is 59.3 Å². The summed E-state index contributed by atoms with van der Waals surface area (Å²) in [6, 6.07) is 11.1. The zero-order valence-corrected chi connectivity index (χ0v) is 19.3. The first kappa shape index (κ1) is 22.4. The Morgan fingerprint density at radius 3 is 2.34 bits per heavy atom. The van der Waals surface area contributed by atoms with Crippen molar-refractivity contribution in [2.75, 3.05) is 26.2 Å². The maximum absolute atomic E-state index is 13.3. The van der Waals surface area contributed by atoms with Crippen LogP contribution >= 0.6 is 12.2 Å². The number of H-pyrrole nitrogens is 1. The topological polar surface area (TPSA) is 78.4 Å². The fraction of sp³-hybridized carbons (Fsp3) is 0.273. The first-order chi connectivity index (χ1) is 15.2. The van der Waals surface area contributed by atoms with Crippen molar-refractivity contribution in [3.8, 4) is 5.69 Å². The molecule has 2 aromatic carbocycles. The van der Waals surface area contributed by atoms with Crippen molar-refractivity contribution in [2.45, 2.75) is 18.7 Å². The molecule has 1 fully saturated rings. The number of carbonyl (C=O) groups excluding carboxylic acids is 1. The number of carbonyl (C=O) groups is 1. The molecule has 1 amide bonds. The highest BCUT2D eigenvalue weighted by Crippen LogP contribution is 2.23. The number of hydrogen-bond acceptors (Lipinski definition) is 4. The Hall–Kier alpha value is -2.82. The number of nitrogens with zero attached hydrogens (tertiary/aromatic N) is 3. The van der Waals surface area contributed by atoms with E-state index in [4.69, 9.17) is 12.2 Å². The number of hydrogen-bond donors (Lipinski definition) is 1. The number of aryl methyl sites for hydroxylation is 2. The number of piperazine rings is 1. The van der Waals surface area contributed by atoms with E-state index in [1.165, 1.54) is 22.6 Å². The van der Waals surface area contributed by atoms with Gasteiger partial charge in [0.15, 0.2) is 4.77 Å². The summed E-state index contributed by atoms with van der Waals surface area (Å²) in [5.41, 5.74) is 2.45. The van der Waals surface area contributed by atoms with Crippen molar-refractivity contribution in [2.24, 2.45) is 0 Å². The average Bonchev–Trinajstić information content (AvgIpc) is 3.17. The van der Waals surface area contributed by atoms with Crippen molar-refractivity contribution in [1.29, 1.82) is 0 Å². The molecule has 1 saturated heterocycles.